The molecule has 0 aliphatic heterocycles. The van der Waals surface area contributed by atoms with Gasteiger partial charge in [-0.25, -0.2) is 14.8 Å². The zero-order valence-electron chi connectivity index (χ0n) is 17.8. The first kappa shape index (κ1) is 22.5. The summed E-state index contributed by atoms with van der Waals surface area (Å²) < 4.78 is 5.23. The number of aliphatic hydroxyl groups excluding tert-OH is 1. The van der Waals surface area contributed by atoms with Gasteiger partial charge >= 0.3 is 6.03 Å². The van der Waals surface area contributed by atoms with Gasteiger partial charge in [0.1, 0.15) is 11.6 Å². The van der Waals surface area contributed by atoms with E-state index in [9.17, 15) is 4.79 Å². The molecule has 0 aliphatic rings. The van der Waals surface area contributed by atoms with Crippen LogP contribution in [0.25, 0.3) is 0 Å². The van der Waals surface area contributed by atoms with E-state index in [0.717, 1.165) is 21.8 Å². The normalized spacial score (nSPS) is 11.1. The predicted molar refractivity (Wildman–Crippen MR) is 123 cm³/mol. The molecule has 0 unspecified atom stereocenters. The molecule has 0 spiro atoms. The van der Waals surface area contributed by atoms with Gasteiger partial charge in [-0.3, -0.25) is 5.32 Å². The lowest BCUT2D eigenvalue weighted by atomic mass is 9.83. The second kappa shape index (κ2) is 10.2. The number of aromatic nitrogens is 2. The van der Waals surface area contributed by atoms with Crippen LogP contribution in [-0.4, -0.2) is 41.4 Å². The number of hydrogen-bond acceptors (Lipinski definition) is 7. The maximum absolute atomic E-state index is 12.3. The molecule has 0 radical (unpaired) electrons. The molecule has 0 fully saturated rings. The highest BCUT2D eigenvalue weighted by Gasteiger charge is 2.26. The quantitative estimate of drug-likeness (QED) is 0.404. The predicted octanol–water partition coefficient (Wildman–Crippen LogP) is 3.60. The van der Waals surface area contributed by atoms with Gasteiger partial charge in [0.15, 0.2) is 5.13 Å². The summed E-state index contributed by atoms with van der Waals surface area (Å²) in [6.45, 7) is 5.07. The Morgan fingerprint density at radius 1 is 1.13 bits per heavy atom. The Balaban J connectivity index is 1.55. The second-order valence-corrected chi connectivity index (χ2v) is 8.42. The van der Waals surface area contributed by atoms with Gasteiger partial charge in [0.25, 0.3) is 0 Å². The summed E-state index contributed by atoms with van der Waals surface area (Å²) in [4.78, 5) is 21.9. The molecule has 8 nitrogen and oxygen atoms in total. The number of ether oxygens (including phenoxy) is 1. The molecule has 0 aliphatic carbocycles. The van der Waals surface area contributed by atoms with Crippen LogP contribution in [0.3, 0.4) is 0 Å². The van der Waals surface area contributed by atoms with E-state index in [1.165, 1.54) is 11.3 Å². The third-order valence-electron chi connectivity index (χ3n) is 4.85. The van der Waals surface area contributed by atoms with E-state index in [2.05, 4.69) is 39.8 Å². The Morgan fingerprint density at radius 3 is 2.55 bits per heavy atom. The number of urea groups is 1. The number of nitrogens with zero attached hydrogens (tertiary/aromatic N) is 2. The Hall–Kier alpha value is -3.17. The molecule has 4 N–H and O–H groups in total. The molecule has 3 rings (SSSR count). The van der Waals surface area contributed by atoms with Crippen LogP contribution < -0.4 is 20.7 Å². The van der Waals surface area contributed by atoms with Gasteiger partial charge in [0, 0.05) is 35.8 Å². The van der Waals surface area contributed by atoms with Gasteiger partial charge in [-0.2, -0.15) is 0 Å². The minimum Gasteiger partial charge on any atom is -0.497 e. The molecule has 164 valence electrons. The van der Waals surface area contributed by atoms with E-state index in [-0.39, 0.29) is 18.1 Å². The SMILES string of the molecule is COc1ccc(C(C)(C)c2cnc(NC(=O)NCc3ccc(NCCO)nc3)s2)cc1. The summed E-state index contributed by atoms with van der Waals surface area (Å²) >= 11 is 1.45. The fraction of sp³-hybridized carbons (Fsp3) is 0.318. The topological polar surface area (TPSA) is 108 Å². The number of nitrogens with one attached hydrogen (secondary N) is 3. The molecular weight excluding hydrogens is 414 g/mol. The van der Waals surface area contributed by atoms with Crippen molar-refractivity contribution in [2.24, 2.45) is 0 Å². The van der Waals surface area contributed by atoms with Gasteiger partial charge in [0.2, 0.25) is 0 Å². The van der Waals surface area contributed by atoms with Crippen molar-refractivity contribution in [3.8, 4) is 5.75 Å². The molecule has 31 heavy (non-hydrogen) atoms. The number of rotatable bonds is 9. The van der Waals surface area contributed by atoms with Crippen molar-refractivity contribution in [3.63, 3.8) is 0 Å². The summed E-state index contributed by atoms with van der Waals surface area (Å²) in [7, 11) is 1.65. The Morgan fingerprint density at radius 2 is 1.90 bits per heavy atom. The van der Waals surface area contributed by atoms with Crippen LogP contribution in [0.15, 0.2) is 48.8 Å². The summed E-state index contributed by atoms with van der Waals surface area (Å²) in [5.41, 5.74) is 1.75. The Kier molecular flexibility index (Phi) is 7.43. The maximum Gasteiger partial charge on any atom is 0.321 e. The molecule has 0 bridgehead atoms. The number of anilines is 2. The molecule has 2 aromatic heterocycles. The lowest BCUT2D eigenvalue weighted by Gasteiger charge is -2.23. The van der Waals surface area contributed by atoms with Crippen LogP contribution in [0.5, 0.6) is 5.75 Å². The average Bonchev–Trinajstić information content (AvgIpc) is 3.26. The molecule has 0 atom stereocenters. The molecular formula is C22H27N5O3S. The molecule has 0 saturated carbocycles. The molecule has 1 aromatic carbocycles. The summed E-state index contributed by atoms with van der Waals surface area (Å²) in [5, 5.41) is 17.9. The number of hydrogen-bond donors (Lipinski definition) is 4. The first-order valence-corrected chi connectivity index (χ1v) is 10.7. The zero-order chi connectivity index (χ0) is 22.3. The van der Waals surface area contributed by atoms with Gasteiger partial charge < -0.3 is 20.5 Å². The van der Waals surface area contributed by atoms with Gasteiger partial charge in [-0.05, 0) is 29.3 Å². The van der Waals surface area contributed by atoms with E-state index < -0.39 is 0 Å². The van der Waals surface area contributed by atoms with Gasteiger partial charge in [-0.15, -0.1) is 11.3 Å². The monoisotopic (exact) mass is 441 g/mol. The zero-order valence-corrected chi connectivity index (χ0v) is 18.6. The highest BCUT2D eigenvalue weighted by molar-refractivity contribution is 7.15. The number of methoxy groups -OCH3 is 1. The number of amides is 2. The van der Waals surface area contributed by atoms with Crippen LogP contribution in [0.1, 0.15) is 29.9 Å². The van der Waals surface area contributed by atoms with Crippen LogP contribution in [0.4, 0.5) is 15.7 Å². The number of carbonyl (C=O) groups excluding carboxylic acids is 1. The van der Waals surface area contributed by atoms with E-state index in [0.29, 0.717) is 24.0 Å². The number of carbonyl (C=O) groups is 1. The molecule has 2 heterocycles. The van der Waals surface area contributed by atoms with Crippen molar-refractivity contribution >= 4 is 28.3 Å². The minimum atomic E-state index is -0.328. The number of benzene rings is 1. The van der Waals surface area contributed by atoms with Crippen molar-refractivity contribution in [1.29, 1.82) is 0 Å². The number of thiazole rings is 1. The molecule has 2 amide bonds. The first-order valence-electron chi connectivity index (χ1n) is 9.87. The Labute approximate surface area is 185 Å². The molecule has 9 heteroatoms. The fourth-order valence-electron chi connectivity index (χ4n) is 2.91. The highest BCUT2D eigenvalue weighted by atomic mass is 32.1. The molecule has 3 aromatic rings. The van der Waals surface area contributed by atoms with Crippen molar-refractivity contribution in [1.82, 2.24) is 15.3 Å². The lowest BCUT2D eigenvalue weighted by Crippen LogP contribution is -2.28. The van der Waals surface area contributed by atoms with Gasteiger partial charge in [-0.1, -0.05) is 32.0 Å². The first-order chi connectivity index (χ1) is 14.9. The minimum absolute atomic E-state index is 0.0426. The van der Waals surface area contributed by atoms with Gasteiger partial charge in [0.05, 0.1) is 13.7 Å². The van der Waals surface area contributed by atoms with E-state index in [1.807, 2.05) is 30.3 Å². The second-order valence-electron chi connectivity index (χ2n) is 7.39. The van der Waals surface area contributed by atoms with Crippen molar-refractivity contribution in [3.05, 3.63) is 64.8 Å². The van der Waals surface area contributed by atoms with Crippen molar-refractivity contribution in [2.45, 2.75) is 25.8 Å². The van der Waals surface area contributed by atoms with Crippen LogP contribution in [-0.2, 0) is 12.0 Å². The molecule has 0 saturated heterocycles. The Bertz CT molecular complexity index is 987. The maximum atomic E-state index is 12.3. The van der Waals surface area contributed by atoms with E-state index in [4.69, 9.17) is 9.84 Å². The van der Waals surface area contributed by atoms with Crippen molar-refractivity contribution < 1.29 is 14.6 Å². The van der Waals surface area contributed by atoms with Crippen LogP contribution in [0, 0.1) is 0 Å². The third-order valence-corrected chi connectivity index (χ3v) is 6.09. The average molecular weight is 442 g/mol. The summed E-state index contributed by atoms with van der Waals surface area (Å²) in [6.07, 6.45) is 3.48. The summed E-state index contributed by atoms with van der Waals surface area (Å²) in [6, 6.07) is 11.3. The highest BCUT2D eigenvalue weighted by Crippen LogP contribution is 2.36. The lowest BCUT2D eigenvalue weighted by molar-refractivity contribution is 0.251. The van der Waals surface area contributed by atoms with Crippen molar-refractivity contribution in [2.75, 3.05) is 30.9 Å². The number of pyridine rings is 1. The standard InChI is InChI=1S/C22H27N5O3S/c1-22(2,16-5-7-17(30-3)8-6-16)18-14-26-21(31-18)27-20(29)25-13-15-4-9-19(24-12-15)23-10-11-28/h4-9,12,14,28H,10-11,13H2,1-3H3,(H,23,24)(H2,25,26,27,29). The third kappa shape index (κ3) is 5.93. The number of aliphatic hydroxyl groups is 1. The van der Waals surface area contributed by atoms with E-state index in [1.54, 1.807) is 25.6 Å². The van der Waals surface area contributed by atoms with E-state index >= 15 is 0 Å². The largest absolute Gasteiger partial charge is 0.497 e. The smallest absolute Gasteiger partial charge is 0.321 e. The summed E-state index contributed by atoms with van der Waals surface area (Å²) in [5.74, 6) is 1.49. The van der Waals surface area contributed by atoms with Crippen LogP contribution in [0.2, 0.25) is 0 Å². The fourth-order valence-corrected chi connectivity index (χ4v) is 3.85. The van der Waals surface area contributed by atoms with Crippen LogP contribution >= 0.6 is 11.3 Å².